The van der Waals surface area contributed by atoms with E-state index in [2.05, 4.69) is 22.5 Å². The molecule has 4 nitrogen and oxygen atoms in total. The number of nitrogens with one attached hydrogen (secondary N) is 2. The van der Waals surface area contributed by atoms with E-state index in [0.29, 0.717) is 18.0 Å². The van der Waals surface area contributed by atoms with E-state index in [1.807, 2.05) is 0 Å². The maximum Gasteiger partial charge on any atom is 0.220 e. The lowest BCUT2D eigenvalue weighted by Crippen LogP contribution is -2.39. The highest BCUT2D eigenvalue weighted by atomic mass is 35.5. The number of halogens is 2. The molecule has 0 saturated carbocycles. The van der Waals surface area contributed by atoms with Crippen molar-refractivity contribution < 1.29 is 4.79 Å². The van der Waals surface area contributed by atoms with Crippen LogP contribution in [0.15, 0.2) is 0 Å². The Morgan fingerprint density at radius 3 is 2.32 bits per heavy atom. The van der Waals surface area contributed by atoms with E-state index in [9.17, 15) is 4.79 Å². The molecule has 3 saturated heterocycles. The highest BCUT2D eigenvalue weighted by molar-refractivity contribution is 5.85. The third-order valence-corrected chi connectivity index (χ3v) is 6.14. The largest absolute Gasteiger partial charge is 0.356 e. The minimum Gasteiger partial charge on any atom is -0.356 e. The molecule has 3 fully saturated rings. The summed E-state index contributed by atoms with van der Waals surface area (Å²) in [5.74, 6) is 1.81. The number of fused-ring (bicyclic) bond motifs is 2. The van der Waals surface area contributed by atoms with Crippen LogP contribution in [0.1, 0.15) is 64.7 Å². The van der Waals surface area contributed by atoms with Gasteiger partial charge in [-0.05, 0) is 82.8 Å². The number of likely N-dealkylation sites (tertiary alicyclic amines) is 1. The summed E-state index contributed by atoms with van der Waals surface area (Å²) >= 11 is 0. The average molecular weight is 394 g/mol. The molecule has 0 aliphatic carbocycles. The number of carbonyl (C=O) groups is 1. The highest BCUT2D eigenvalue weighted by Crippen LogP contribution is 2.32. The van der Waals surface area contributed by atoms with E-state index >= 15 is 0 Å². The maximum atomic E-state index is 12.1. The van der Waals surface area contributed by atoms with E-state index in [1.54, 1.807) is 0 Å². The minimum atomic E-state index is 0. The van der Waals surface area contributed by atoms with Crippen LogP contribution in [-0.4, -0.2) is 49.1 Å². The number of rotatable bonds is 7. The van der Waals surface area contributed by atoms with Crippen LogP contribution in [0.3, 0.4) is 0 Å². The molecule has 0 radical (unpaired) electrons. The zero-order valence-corrected chi connectivity index (χ0v) is 17.3. The number of carbonyl (C=O) groups excluding carboxylic acids is 1. The van der Waals surface area contributed by atoms with Crippen molar-refractivity contribution in [2.24, 2.45) is 11.8 Å². The summed E-state index contributed by atoms with van der Waals surface area (Å²) in [5.41, 5.74) is 0. The SMILES string of the molecule is CC1CCN(CCCCNC(=O)CC2CC3CCC(C2)N3)CC1.Cl.Cl. The second-order valence-corrected chi connectivity index (χ2v) is 8.26. The molecule has 3 aliphatic rings. The number of hydrogen-bond donors (Lipinski definition) is 2. The summed E-state index contributed by atoms with van der Waals surface area (Å²) in [6, 6.07) is 1.39. The predicted molar refractivity (Wildman–Crippen MR) is 109 cm³/mol. The lowest BCUT2D eigenvalue weighted by Gasteiger charge is -2.30. The van der Waals surface area contributed by atoms with Gasteiger partial charge >= 0.3 is 0 Å². The smallest absolute Gasteiger partial charge is 0.220 e. The van der Waals surface area contributed by atoms with E-state index < -0.39 is 0 Å². The number of amides is 1. The summed E-state index contributed by atoms with van der Waals surface area (Å²) in [7, 11) is 0. The molecule has 148 valence electrons. The van der Waals surface area contributed by atoms with Crippen LogP contribution >= 0.6 is 24.8 Å². The molecule has 0 aromatic carbocycles. The summed E-state index contributed by atoms with van der Waals surface area (Å²) in [4.78, 5) is 14.7. The molecule has 0 spiro atoms. The Labute approximate surface area is 166 Å². The fourth-order valence-electron chi connectivity index (χ4n) is 4.65. The first kappa shape index (κ1) is 23.0. The summed E-state index contributed by atoms with van der Waals surface area (Å²) in [6.45, 7) is 6.97. The Morgan fingerprint density at radius 2 is 1.68 bits per heavy atom. The molecule has 2 bridgehead atoms. The van der Waals surface area contributed by atoms with Crippen LogP contribution in [-0.2, 0) is 4.79 Å². The standard InChI is InChI=1S/C19H35N3O.2ClH/c1-15-6-10-22(11-7-15)9-3-2-8-20-19(23)14-16-12-17-4-5-18(13-16)21-17;;/h15-18,21H,2-14H2,1H3,(H,20,23);2*1H. The van der Waals surface area contributed by atoms with Gasteiger partial charge in [0, 0.05) is 25.0 Å². The Balaban J connectivity index is 0.00000156. The monoisotopic (exact) mass is 393 g/mol. The minimum absolute atomic E-state index is 0. The van der Waals surface area contributed by atoms with Gasteiger partial charge in [0.1, 0.15) is 0 Å². The number of hydrogen-bond acceptors (Lipinski definition) is 3. The van der Waals surface area contributed by atoms with E-state index in [4.69, 9.17) is 0 Å². The van der Waals surface area contributed by atoms with Gasteiger partial charge in [-0.1, -0.05) is 6.92 Å². The number of piperidine rings is 2. The van der Waals surface area contributed by atoms with Crippen molar-refractivity contribution in [3.63, 3.8) is 0 Å². The van der Waals surface area contributed by atoms with Gasteiger partial charge in [-0.2, -0.15) is 0 Å². The second kappa shape index (κ2) is 11.6. The van der Waals surface area contributed by atoms with Crippen molar-refractivity contribution >= 4 is 30.7 Å². The van der Waals surface area contributed by atoms with Gasteiger partial charge < -0.3 is 15.5 Å². The van der Waals surface area contributed by atoms with Crippen LogP contribution < -0.4 is 10.6 Å². The van der Waals surface area contributed by atoms with Crippen molar-refractivity contribution in [2.45, 2.75) is 76.8 Å². The molecular weight excluding hydrogens is 357 g/mol. The Morgan fingerprint density at radius 1 is 1.04 bits per heavy atom. The van der Waals surface area contributed by atoms with Gasteiger partial charge in [-0.15, -0.1) is 24.8 Å². The molecule has 3 heterocycles. The second-order valence-electron chi connectivity index (χ2n) is 8.26. The molecule has 2 atom stereocenters. The molecule has 0 aromatic rings. The molecule has 1 amide bonds. The zero-order valence-electron chi connectivity index (χ0n) is 15.7. The molecule has 2 unspecified atom stereocenters. The fraction of sp³-hybridized carbons (Fsp3) is 0.947. The molecule has 3 aliphatic heterocycles. The maximum absolute atomic E-state index is 12.1. The lowest BCUT2D eigenvalue weighted by molar-refractivity contribution is -0.122. The summed E-state index contributed by atoms with van der Waals surface area (Å²) in [6.07, 6.45) is 10.8. The van der Waals surface area contributed by atoms with Crippen LogP contribution in [0.4, 0.5) is 0 Å². The molecule has 25 heavy (non-hydrogen) atoms. The van der Waals surface area contributed by atoms with Crippen LogP contribution in [0, 0.1) is 11.8 Å². The van der Waals surface area contributed by atoms with Crippen LogP contribution in [0.2, 0.25) is 0 Å². The summed E-state index contributed by atoms with van der Waals surface area (Å²) in [5, 5.41) is 6.80. The fourth-order valence-corrected chi connectivity index (χ4v) is 4.65. The Kier molecular flexibility index (Phi) is 10.7. The number of unbranched alkanes of at least 4 members (excludes halogenated alkanes) is 1. The molecular formula is C19H37Cl2N3O. The van der Waals surface area contributed by atoms with Crippen molar-refractivity contribution in [3.8, 4) is 0 Å². The molecule has 3 rings (SSSR count). The zero-order chi connectivity index (χ0) is 16.1. The van der Waals surface area contributed by atoms with Gasteiger partial charge in [0.2, 0.25) is 5.91 Å². The first-order valence-electron chi connectivity index (χ1n) is 9.94. The Hall–Kier alpha value is -0.0300. The van der Waals surface area contributed by atoms with Crippen molar-refractivity contribution in [3.05, 3.63) is 0 Å². The van der Waals surface area contributed by atoms with Crippen molar-refractivity contribution in [1.82, 2.24) is 15.5 Å². The van der Waals surface area contributed by atoms with Gasteiger partial charge in [0.15, 0.2) is 0 Å². The average Bonchev–Trinajstić information content (AvgIpc) is 2.87. The number of nitrogens with zero attached hydrogens (tertiary/aromatic N) is 1. The topological polar surface area (TPSA) is 44.4 Å². The van der Waals surface area contributed by atoms with E-state index in [1.165, 1.54) is 64.6 Å². The van der Waals surface area contributed by atoms with Gasteiger partial charge in [-0.3, -0.25) is 4.79 Å². The first-order chi connectivity index (χ1) is 11.2. The Bertz CT molecular complexity index is 377. The molecule has 6 heteroatoms. The van der Waals surface area contributed by atoms with Gasteiger partial charge in [0.25, 0.3) is 0 Å². The third kappa shape index (κ3) is 7.62. The molecule has 0 aromatic heterocycles. The quantitative estimate of drug-likeness (QED) is 0.651. The normalized spacial score (nSPS) is 29.6. The van der Waals surface area contributed by atoms with Gasteiger partial charge in [0.05, 0.1) is 0 Å². The van der Waals surface area contributed by atoms with Crippen molar-refractivity contribution in [2.75, 3.05) is 26.2 Å². The molecule has 2 N–H and O–H groups in total. The van der Waals surface area contributed by atoms with E-state index in [-0.39, 0.29) is 30.7 Å². The van der Waals surface area contributed by atoms with Crippen LogP contribution in [0.25, 0.3) is 0 Å². The summed E-state index contributed by atoms with van der Waals surface area (Å²) < 4.78 is 0. The van der Waals surface area contributed by atoms with Gasteiger partial charge in [-0.25, -0.2) is 0 Å². The first-order valence-corrected chi connectivity index (χ1v) is 9.94. The lowest BCUT2D eigenvalue weighted by atomic mass is 9.89. The van der Waals surface area contributed by atoms with Crippen molar-refractivity contribution in [1.29, 1.82) is 0 Å². The van der Waals surface area contributed by atoms with Crippen LogP contribution in [0.5, 0.6) is 0 Å². The third-order valence-electron chi connectivity index (χ3n) is 6.14. The van der Waals surface area contributed by atoms with E-state index in [0.717, 1.165) is 25.3 Å². The highest BCUT2D eigenvalue weighted by Gasteiger charge is 2.34. The predicted octanol–water partition coefficient (Wildman–Crippen LogP) is 3.38.